The molecule has 0 saturated carbocycles. The number of nitrogens with one attached hydrogen (secondary N) is 1. The van der Waals surface area contributed by atoms with E-state index >= 15 is 0 Å². The standard InChI is InChI=1S/C8H7ClO2.C7H5ClO.C4H12N2.ClH/c1-11-7-4-2-3-6(5-7)8(9)10;8-7(9)6-4-2-1-3-5-6;1-4(2,3)6-5;/h2-5H,1H3;1-5H;6H,5H2,1-3H3;1H. The molecule has 2 rings (SSSR count). The van der Waals surface area contributed by atoms with Crippen LogP contribution in [0.1, 0.15) is 41.5 Å². The third kappa shape index (κ3) is 14.1. The number of hydrogen-bond donors (Lipinski definition) is 2. The van der Waals surface area contributed by atoms with Gasteiger partial charge in [-0.05, 0) is 62.2 Å². The second-order valence-corrected chi connectivity index (χ2v) is 6.73. The Kier molecular flexibility index (Phi) is 14.7. The molecule has 0 aliphatic carbocycles. The van der Waals surface area contributed by atoms with Crippen LogP contribution in [-0.2, 0) is 0 Å². The zero-order valence-electron chi connectivity index (χ0n) is 15.7. The Morgan fingerprint density at radius 1 is 0.926 bits per heavy atom. The molecule has 0 radical (unpaired) electrons. The lowest BCUT2D eigenvalue weighted by atomic mass is 10.1. The third-order valence-corrected chi connectivity index (χ3v) is 3.17. The van der Waals surface area contributed by atoms with E-state index in [0.29, 0.717) is 16.9 Å². The minimum Gasteiger partial charge on any atom is -0.497 e. The van der Waals surface area contributed by atoms with Crippen LogP contribution in [-0.4, -0.2) is 23.1 Å². The first kappa shape index (κ1) is 27.6. The van der Waals surface area contributed by atoms with Gasteiger partial charge in [0.15, 0.2) is 0 Å². The van der Waals surface area contributed by atoms with Gasteiger partial charge in [-0.25, -0.2) is 0 Å². The highest BCUT2D eigenvalue weighted by Gasteiger charge is 2.03. The van der Waals surface area contributed by atoms with Gasteiger partial charge < -0.3 is 4.74 Å². The van der Waals surface area contributed by atoms with E-state index in [2.05, 4.69) is 5.43 Å². The Hall–Kier alpha value is -1.63. The van der Waals surface area contributed by atoms with Crippen LogP contribution in [0.2, 0.25) is 0 Å². The summed E-state index contributed by atoms with van der Waals surface area (Å²) in [6.07, 6.45) is 0. The minimum atomic E-state index is -0.469. The molecule has 27 heavy (non-hydrogen) atoms. The van der Waals surface area contributed by atoms with Gasteiger partial charge >= 0.3 is 0 Å². The van der Waals surface area contributed by atoms with E-state index in [1.165, 1.54) is 7.11 Å². The number of methoxy groups -OCH3 is 1. The molecule has 5 nitrogen and oxygen atoms in total. The summed E-state index contributed by atoms with van der Waals surface area (Å²) in [5.74, 6) is 5.69. The van der Waals surface area contributed by atoms with Gasteiger partial charge in [0.25, 0.3) is 10.5 Å². The Labute approximate surface area is 176 Å². The molecule has 3 N–H and O–H groups in total. The van der Waals surface area contributed by atoms with Crippen molar-refractivity contribution in [1.82, 2.24) is 5.43 Å². The number of benzene rings is 2. The van der Waals surface area contributed by atoms with E-state index in [1.807, 2.05) is 26.8 Å². The van der Waals surface area contributed by atoms with Crippen LogP contribution in [0, 0.1) is 0 Å². The van der Waals surface area contributed by atoms with Crippen LogP contribution in [0.3, 0.4) is 0 Å². The second-order valence-electron chi connectivity index (χ2n) is 6.04. The average molecular weight is 436 g/mol. The van der Waals surface area contributed by atoms with Gasteiger partial charge in [-0.15, -0.1) is 12.4 Å². The maximum atomic E-state index is 10.6. The van der Waals surface area contributed by atoms with Crippen molar-refractivity contribution in [3.8, 4) is 5.75 Å². The molecule has 2 aromatic carbocycles. The molecule has 0 unspecified atom stereocenters. The van der Waals surface area contributed by atoms with E-state index in [-0.39, 0.29) is 17.9 Å². The number of ether oxygens (including phenoxy) is 1. The van der Waals surface area contributed by atoms with Crippen LogP contribution < -0.4 is 16.0 Å². The monoisotopic (exact) mass is 434 g/mol. The highest BCUT2D eigenvalue weighted by molar-refractivity contribution is 6.68. The predicted octanol–water partition coefficient (Wildman–Crippen LogP) is 4.81. The summed E-state index contributed by atoms with van der Waals surface area (Å²) in [6, 6.07) is 15.4. The zero-order valence-corrected chi connectivity index (χ0v) is 18.0. The van der Waals surface area contributed by atoms with Crippen molar-refractivity contribution in [2.45, 2.75) is 26.3 Å². The Bertz CT molecular complexity index is 690. The molecule has 8 heteroatoms. The van der Waals surface area contributed by atoms with E-state index in [9.17, 15) is 9.59 Å². The van der Waals surface area contributed by atoms with E-state index in [4.69, 9.17) is 33.8 Å². The van der Waals surface area contributed by atoms with Crippen molar-refractivity contribution in [1.29, 1.82) is 0 Å². The van der Waals surface area contributed by atoms with Gasteiger partial charge in [0, 0.05) is 16.7 Å². The van der Waals surface area contributed by atoms with Crippen LogP contribution in [0.15, 0.2) is 54.6 Å². The van der Waals surface area contributed by atoms with Gasteiger partial charge in [0.1, 0.15) is 5.75 Å². The molecule has 2 aromatic rings. The van der Waals surface area contributed by atoms with Gasteiger partial charge in [0.2, 0.25) is 0 Å². The van der Waals surface area contributed by atoms with Crippen molar-refractivity contribution in [3.05, 3.63) is 65.7 Å². The Morgan fingerprint density at radius 3 is 1.70 bits per heavy atom. The number of rotatable bonds is 3. The molecular weight excluding hydrogens is 411 g/mol. The maximum Gasteiger partial charge on any atom is 0.252 e. The van der Waals surface area contributed by atoms with E-state index in [0.717, 1.165) is 0 Å². The largest absolute Gasteiger partial charge is 0.497 e. The first-order chi connectivity index (χ1) is 12.1. The van der Waals surface area contributed by atoms with Gasteiger partial charge in [-0.2, -0.15) is 0 Å². The summed E-state index contributed by atoms with van der Waals surface area (Å²) >= 11 is 10.4. The van der Waals surface area contributed by atoms with Crippen LogP contribution >= 0.6 is 35.6 Å². The maximum absolute atomic E-state index is 10.6. The van der Waals surface area contributed by atoms with Crippen LogP contribution in [0.4, 0.5) is 0 Å². The summed E-state index contributed by atoms with van der Waals surface area (Å²) in [5.41, 5.74) is 3.66. The number of carbonyl (C=O) groups is 2. The van der Waals surface area contributed by atoms with Crippen molar-refractivity contribution < 1.29 is 14.3 Å². The molecular formula is C19H25Cl3N2O3. The lowest BCUT2D eigenvalue weighted by molar-refractivity contribution is 0.107. The molecule has 0 atom stereocenters. The smallest absolute Gasteiger partial charge is 0.252 e. The fourth-order valence-electron chi connectivity index (χ4n) is 1.31. The number of hydrazine groups is 1. The van der Waals surface area contributed by atoms with Crippen molar-refractivity contribution in [2.75, 3.05) is 7.11 Å². The predicted molar refractivity (Wildman–Crippen MR) is 114 cm³/mol. The number of hydrogen-bond acceptors (Lipinski definition) is 5. The lowest BCUT2D eigenvalue weighted by Gasteiger charge is -2.14. The SMILES string of the molecule is CC(C)(C)NN.COc1cccc(C(=O)Cl)c1.Cl.O=C(Cl)c1ccccc1. The van der Waals surface area contributed by atoms with E-state index in [1.54, 1.807) is 48.5 Å². The molecule has 0 bridgehead atoms. The molecule has 0 aliphatic rings. The summed E-state index contributed by atoms with van der Waals surface area (Å²) in [5, 5.41) is -0.875. The van der Waals surface area contributed by atoms with E-state index < -0.39 is 10.5 Å². The molecule has 150 valence electrons. The molecule has 0 saturated heterocycles. The van der Waals surface area contributed by atoms with Crippen LogP contribution in [0.25, 0.3) is 0 Å². The molecule has 0 heterocycles. The van der Waals surface area contributed by atoms with Crippen LogP contribution in [0.5, 0.6) is 5.75 Å². The first-order valence-electron chi connectivity index (χ1n) is 7.67. The van der Waals surface area contributed by atoms with Crippen molar-refractivity contribution >= 4 is 46.1 Å². The molecule has 0 spiro atoms. The third-order valence-electron chi connectivity index (χ3n) is 2.73. The lowest BCUT2D eigenvalue weighted by Crippen LogP contribution is -2.41. The first-order valence-corrected chi connectivity index (χ1v) is 8.43. The molecule has 0 fully saturated rings. The fraction of sp³-hybridized carbons (Fsp3) is 0.263. The second kappa shape index (κ2) is 14.4. The highest BCUT2D eigenvalue weighted by atomic mass is 35.5. The number of nitrogens with two attached hydrogens (primary N) is 1. The highest BCUT2D eigenvalue weighted by Crippen LogP contribution is 2.13. The minimum absolute atomic E-state index is 0. The quantitative estimate of drug-likeness (QED) is 0.411. The summed E-state index contributed by atoms with van der Waals surface area (Å²) in [4.78, 5) is 21.0. The number of carbonyl (C=O) groups excluding carboxylic acids is 2. The fourth-order valence-corrected chi connectivity index (χ4v) is 1.56. The Morgan fingerprint density at radius 2 is 1.37 bits per heavy atom. The van der Waals surface area contributed by atoms with Crippen molar-refractivity contribution in [2.24, 2.45) is 5.84 Å². The van der Waals surface area contributed by atoms with Gasteiger partial charge in [0.05, 0.1) is 7.11 Å². The molecule has 0 aromatic heterocycles. The van der Waals surface area contributed by atoms with Gasteiger partial charge in [-0.1, -0.05) is 36.4 Å². The number of halogens is 3. The molecule has 0 amide bonds. The summed E-state index contributed by atoms with van der Waals surface area (Å²) in [6.45, 7) is 6.02. The summed E-state index contributed by atoms with van der Waals surface area (Å²) < 4.78 is 4.89. The Balaban J connectivity index is 0. The normalized spacial score (nSPS) is 9.44. The molecule has 0 aliphatic heterocycles. The zero-order chi connectivity index (χ0) is 20.2. The average Bonchev–Trinajstić information content (AvgIpc) is 2.63. The topological polar surface area (TPSA) is 81.4 Å². The van der Waals surface area contributed by atoms with Gasteiger partial charge in [-0.3, -0.25) is 20.9 Å². The summed E-state index contributed by atoms with van der Waals surface area (Å²) in [7, 11) is 1.54. The van der Waals surface area contributed by atoms with Crippen molar-refractivity contribution in [3.63, 3.8) is 0 Å².